The zero-order valence-corrected chi connectivity index (χ0v) is 16.8. The third kappa shape index (κ3) is 6.66. The maximum absolute atomic E-state index is 10.2. The molecular weight excluding hydrogens is 293 g/mol. The number of ether oxygens (including phenoxy) is 1. The van der Waals surface area contributed by atoms with Gasteiger partial charge in [0.1, 0.15) is 0 Å². The highest BCUT2D eigenvalue weighted by Crippen LogP contribution is 2.50. The Morgan fingerprint density at radius 1 is 1.18 bits per heavy atom. The average molecular weight is 329 g/mol. The van der Waals surface area contributed by atoms with Crippen molar-refractivity contribution in [2.24, 2.45) is 5.41 Å². The Kier molecular flexibility index (Phi) is 6.67. The summed E-state index contributed by atoms with van der Waals surface area (Å²) in [6.07, 6.45) is 6.90. The molecular formula is C18H36NO2P. The van der Waals surface area contributed by atoms with Crippen LogP contribution in [0, 0.1) is 5.41 Å². The first-order valence-corrected chi connectivity index (χ1v) is 10.3. The van der Waals surface area contributed by atoms with Crippen LogP contribution in [-0.2, 0) is 4.74 Å². The van der Waals surface area contributed by atoms with E-state index in [2.05, 4.69) is 47.6 Å². The topological polar surface area (TPSA) is 32.7 Å². The Balaban J connectivity index is 0.000000422. The predicted molar refractivity (Wildman–Crippen MR) is 97.1 cm³/mol. The second-order valence-corrected chi connectivity index (χ2v) is 11.6. The Bertz CT molecular complexity index is 386. The number of rotatable bonds is 5. The summed E-state index contributed by atoms with van der Waals surface area (Å²) >= 11 is 0. The van der Waals surface area contributed by atoms with Crippen LogP contribution < -0.4 is 0 Å². The van der Waals surface area contributed by atoms with Crippen molar-refractivity contribution in [2.45, 2.75) is 72.9 Å². The average Bonchev–Trinajstić information content (AvgIpc) is 3.10. The van der Waals surface area contributed by atoms with E-state index in [9.17, 15) is 5.21 Å². The van der Waals surface area contributed by atoms with E-state index < -0.39 is 0 Å². The lowest BCUT2D eigenvalue weighted by atomic mass is 9.94. The summed E-state index contributed by atoms with van der Waals surface area (Å²) in [7, 11) is 0.273. The van der Waals surface area contributed by atoms with Gasteiger partial charge in [0.15, 0.2) is 0 Å². The third-order valence-electron chi connectivity index (χ3n) is 3.72. The molecule has 1 N–H and O–H groups in total. The number of hydrogen-bond donors (Lipinski definition) is 1. The predicted octanol–water partition coefficient (Wildman–Crippen LogP) is 5.09. The summed E-state index contributed by atoms with van der Waals surface area (Å²) in [5, 5.41) is 11.6. The van der Waals surface area contributed by atoms with Gasteiger partial charge in [-0.2, -0.15) is 5.06 Å². The standard InChI is InChI=1S/C13H24NO2P.C5H12/c1-12(2)9-11(13(3,4)14(12)15)5-6-16-10-17-7-8-17;1-5(2,3)4/h9,15H,5-8,10H2,1-4H3;1-4H3. The van der Waals surface area contributed by atoms with Gasteiger partial charge < -0.3 is 9.94 Å². The van der Waals surface area contributed by atoms with E-state index in [4.69, 9.17) is 4.74 Å². The largest absolute Gasteiger partial charge is 0.377 e. The van der Waals surface area contributed by atoms with E-state index in [1.807, 2.05) is 13.8 Å². The van der Waals surface area contributed by atoms with Gasteiger partial charge in [0.2, 0.25) is 0 Å². The molecule has 1 saturated heterocycles. The molecule has 3 nitrogen and oxygen atoms in total. The van der Waals surface area contributed by atoms with Crippen molar-refractivity contribution in [1.82, 2.24) is 5.06 Å². The molecule has 4 heteroatoms. The van der Waals surface area contributed by atoms with Crippen molar-refractivity contribution >= 4 is 7.92 Å². The van der Waals surface area contributed by atoms with Gasteiger partial charge in [-0.3, -0.25) is 0 Å². The number of nitrogens with zero attached hydrogens (tertiary/aromatic N) is 1. The summed E-state index contributed by atoms with van der Waals surface area (Å²) in [5.41, 5.74) is 1.26. The van der Waals surface area contributed by atoms with Crippen LogP contribution >= 0.6 is 7.92 Å². The van der Waals surface area contributed by atoms with E-state index in [0.29, 0.717) is 5.41 Å². The zero-order valence-electron chi connectivity index (χ0n) is 15.9. The molecule has 2 aliphatic rings. The monoisotopic (exact) mass is 329 g/mol. The molecule has 22 heavy (non-hydrogen) atoms. The van der Waals surface area contributed by atoms with Crippen molar-refractivity contribution in [2.75, 3.05) is 25.3 Å². The summed E-state index contributed by atoms with van der Waals surface area (Å²) in [6.45, 7) is 17.8. The van der Waals surface area contributed by atoms with E-state index in [1.54, 1.807) is 0 Å². The maximum atomic E-state index is 10.2. The molecule has 1 fully saturated rings. The van der Waals surface area contributed by atoms with Gasteiger partial charge in [-0.05, 0) is 57.4 Å². The molecule has 130 valence electrons. The zero-order chi connectivity index (χ0) is 17.2. The minimum absolute atomic E-state index is 0.264. The van der Waals surface area contributed by atoms with Crippen LogP contribution in [0.1, 0.15) is 61.8 Å². The van der Waals surface area contributed by atoms with Crippen molar-refractivity contribution in [3.63, 3.8) is 0 Å². The summed E-state index contributed by atoms with van der Waals surface area (Å²) in [5.74, 6) is 0. The third-order valence-corrected chi connectivity index (χ3v) is 5.35. The Morgan fingerprint density at radius 3 is 2.05 bits per heavy atom. The van der Waals surface area contributed by atoms with Gasteiger partial charge in [0.05, 0.1) is 24.0 Å². The molecule has 0 bridgehead atoms. The SMILES string of the molecule is CC(C)(C)C.CC1(C)C=C(CCOCP2CC2)C(C)(C)N1O. The van der Waals surface area contributed by atoms with Crippen LogP contribution in [0.3, 0.4) is 0 Å². The summed E-state index contributed by atoms with van der Waals surface area (Å²) in [6, 6.07) is 0. The molecule has 0 aromatic rings. The highest BCUT2D eigenvalue weighted by molar-refractivity contribution is 7.65. The van der Waals surface area contributed by atoms with Crippen LogP contribution in [-0.4, -0.2) is 46.6 Å². The molecule has 2 rings (SSSR count). The van der Waals surface area contributed by atoms with Crippen LogP contribution in [0.2, 0.25) is 0 Å². The first kappa shape index (κ1) is 20.1. The number of hydroxylamine groups is 2. The molecule has 0 amide bonds. The van der Waals surface area contributed by atoms with Crippen molar-refractivity contribution in [3.8, 4) is 0 Å². The molecule has 0 saturated carbocycles. The van der Waals surface area contributed by atoms with Gasteiger partial charge >= 0.3 is 0 Å². The van der Waals surface area contributed by atoms with Gasteiger partial charge in [0.25, 0.3) is 0 Å². The molecule has 2 aliphatic heterocycles. The lowest BCUT2D eigenvalue weighted by Crippen LogP contribution is -2.47. The highest BCUT2D eigenvalue weighted by atomic mass is 31.1. The second-order valence-electron chi connectivity index (χ2n) is 9.10. The molecule has 0 atom stereocenters. The van der Waals surface area contributed by atoms with Crippen LogP contribution in [0.25, 0.3) is 0 Å². The lowest BCUT2D eigenvalue weighted by Gasteiger charge is -2.36. The quantitative estimate of drug-likeness (QED) is 0.433. The fourth-order valence-electron chi connectivity index (χ4n) is 2.47. The molecule has 0 radical (unpaired) electrons. The Labute approximate surface area is 138 Å². The van der Waals surface area contributed by atoms with E-state index >= 15 is 0 Å². The van der Waals surface area contributed by atoms with Crippen molar-refractivity contribution in [3.05, 3.63) is 11.6 Å². The molecule has 0 aromatic heterocycles. The van der Waals surface area contributed by atoms with Gasteiger partial charge in [-0.25, -0.2) is 0 Å². The Morgan fingerprint density at radius 2 is 1.68 bits per heavy atom. The molecule has 0 aromatic carbocycles. The van der Waals surface area contributed by atoms with Crippen LogP contribution in [0.15, 0.2) is 11.6 Å². The van der Waals surface area contributed by atoms with Gasteiger partial charge in [-0.1, -0.05) is 41.7 Å². The first-order valence-electron chi connectivity index (χ1n) is 8.35. The minimum atomic E-state index is -0.266. The molecule has 2 heterocycles. The minimum Gasteiger partial charge on any atom is -0.377 e. The first-order chi connectivity index (χ1) is 9.84. The summed E-state index contributed by atoms with van der Waals surface area (Å²) in [4.78, 5) is 0. The van der Waals surface area contributed by atoms with Gasteiger partial charge in [0, 0.05) is 0 Å². The van der Waals surface area contributed by atoms with E-state index in [1.165, 1.54) is 23.0 Å². The maximum Gasteiger partial charge on any atom is 0.0659 e. The lowest BCUT2D eigenvalue weighted by molar-refractivity contribution is -0.185. The normalized spacial score (nSPS) is 23.8. The van der Waals surface area contributed by atoms with Crippen molar-refractivity contribution in [1.29, 1.82) is 0 Å². The Hall–Kier alpha value is 0.0500. The van der Waals surface area contributed by atoms with E-state index in [0.717, 1.165) is 19.4 Å². The molecule has 0 aliphatic carbocycles. The smallest absolute Gasteiger partial charge is 0.0659 e. The fraction of sp³-hybridized carbons (Fsp3) is 0.889. The number of hydrogen-bond acceptors (Lipinski definition) is 3. The van der Waals surface area contributed by atoms with E-state index in [-0.39, 0.29) is 19.0 Å². The van der Waals surface area contributed by atoms with Crippen molar-refractivity contribution < 1.29 is 9.94 Å². The van der Waals surface area contributed by atoms with Crippen LogP contribution in [0.5, 0.6) is 0 Å². The summed E-state index contributed by atoms with van der Waals surface area (Å²) < 4.78 is 5.70. The van der Waals surface area contributed by atoms with Crippen LogP contribution in [0.4, 0.5) is 0 Å². The second kappa shape index (κ2) is 7.30. The van der Waals surface area contributed by atoms with Gasteiger partial charge in [-0.15, -0.1) is 0 Å². The molecule has 0 unspecified atom stereocenters. The fourth-order valence-corrected chi connectivity index (χ4v) is 3.69. The highest BCUT2D eigenvalue weighted by Gasteiger charge is 2.44. The molecule has 0 spiro atoms.